The van der Waals surface area contributed by atoms with E-state index in [2.05, 4.69) is 15.2 Å². The van der Waals surface area contributed by atoms with Crippen molar-refractivity contribution in [2.75, 3.05) is 0 Å². The van der Waals surface area contributed by atoms with E-state index in [1.165, 1.54) is 18.2 Å². The van der Waals surface area contributed by atoms with Gasteiger partial charge >= 0.3 is 0 Å². The summed E-state index contributed by atoms with van der Waals surface area (Å²) in [6.45, 7) is 0. The number of para-hydroxylation sites is 1. The normalized spacial score (nSPS) is 11.1. The van der Waals surface area contributed by atoms with Gasteiger partial charge in [-0.25, -0.2) is 0 Å². The molecule has 0 radical (unpaired) electrons. The second kappa shape index (κ2) is 5.68. The van der Waals surface area contributed by atoms with Gasteiger partial charge in [0.25, 0.3) is 11.2 Å². The zero-order valence-corrected chi connectivity index (χ0v) is 11.6. The molecule has 0 fully saturated rings. The average Bonchev–Trinajstić information content (AvgIpc) is 2.55. The van der Waals surface area contributed by atoms with Crippen molar-refractivity contribution in [3.05, 3.63) is 69.0 Å². The standard InChI is InChI=1S/C15H10N4O4/c20-14-10-7-4-8-11(19(22)23)12(10)16-15(21)13(14)18-17-9-5-2-1-3-6-9/h1-8H,(H2,16,20,21). The topological polar surface area (TPSA) is 121 Å². The Labute approximate surface area is 128 Å². The van der Waals surface area contributed by atoms with E-state index in [0.29, 0.717) is 5.69 Å². The molecule has 0 spiro atoms. The lowest BCUT2D eigenvalue weighted by atomic mass is 10.1. The summed E-state index contributed by atoms with van der Waals surface area (Å²) in [6, 6.07) is 12.8. The molecule has 8 heteroatoms. The molecule has 8 nitrogen and oxygen atoms in total. The molecule has 0 aliphatic carbocycles. The number of aromatic hydroxyl groups is 1. The van der Waals surface area contributed by atoms with E-state index in [0.717, 1.165) is 0 Å². The minimum absolute atomic E-state index is 0.0568. The number of non-ortho nitro benzene ring substituents is 1. The molecule has 2 N–H and O–H groups in total. The molecule has 2 aromatic carbocycles. The third-order valence-electron chi connectivity index (χ3n) is 3.19. The molecule has 0 saturated heterocycles. The van der Waals surface area contributed by atoms with E-state index in [4.69, 9.17) is 0 Å². The molecule has 0 aliphatic heterocycles. The highest BCUT2D eigenvalue weighted by molar-refractivity contribution is 5.94. The Morgan fingerprint density at radius 1 is 1.04 bits per heavy atom. The maximum atomic E-state index is 12.1. The summed E-state index contributed by atoms with van der Waals surface area (Å²) in [5, 5.41) is 29.0. The highest BCUT2D eigenvalue weighted by Gasteiger charge is 2.18. The van der Waals surface area contributed by atoms with Crippen molar-refractivity contribution in [3.8, 4) is 5.75 Å². The number of nitro groups is 1. The van der Waals surface area contributed by atoms with E-state index in [1.54, 1.807) is 30.3 Å². The number of hydrogen-bond acceptors (Lipinski definition) is 6. The van der Waals surface area contributed by atoms with Crippen molar-refractivity contribution >= 4 is 28.0 Å². The van der Waals surface area contributed by atoms with Gasteiger partial charge in [0.05, 0.1) is 10.6 Å². The fraction of sp³-hybridized carbons (Fsp3) is 0. The Balaban J connectivity index is 2.18. The van der Waals surface area contributed by atoms with Gasteiger partial charge < -0.3 is 10.1 Å². The van der Waals surface area contributed by atoms with Crippen LogP contribution in [0.4, 0.5) is 17.1 Å². The summed E-state index contributed by atoms with van der Waals surface area (Å²) in [6.07, 6.45) is 0. The van der Waals surface area contributed by atoms with Crippen LogP contribution in [0.25, 0.3) is 10.9 Å². The number of rotatable bonds is 3. The first-order chi connectivity index (χ1) is 11.1. The number of pyridine rings is 1. The van der Waals surface area contributed by atoms with E-state index < -0.39 is 16.2 Å². The van der Waals surface area contributed by atoms with Gasteiger partial charge in [0.15, 0.2) is 11.4 Å². The third-order valence-corrected chi connectivity index (χ3v) is 3.19. The molecule has 0 bridgehead atoms. The summed E-state index contributed by atoms with van der Waals surface area (Å²) in [7, 11) is 0. The lowest BCUT2D eigenvalue weighted by Crippen LogP contribution is -2.06. The van der Waals surface area contributed by atoms with Gasteiger partial charge in [0.1, 0.15) is 5.52 Å². The molecule has 0 unspecified atom stereocenters. The number of aromatic amines is 1. The number of benzene rings is 2. The smallest absolute Gasteiger partial charge is 0.293 e. The Hall–Kier alpha value is -3.55. The highest BCUT2D eigenvalue weighted by Crippen LogP contribution is 2.34. The van der Waals surface area contributed by atoms with Crippen LogP contribution >= 0.6 is 0 Å². The van der Waals surface area contributed by atoms with Gasteiger partial charge in [0, 0.05) is 11.5 Å². The van der Waals surface area contributed by atoms with Crippen LogP contribution in [0.2, 0.25) is 0 Å². The quantitative estimate of drug-likeness (QED) is 0.436. The Kier molecular flexibility index (Phi) is 3.55. The monoisotopic (exact) mass is 310 g/mol. The van der Waals surface area contributed by atoms with E-state index >= 15 is 0 Å². The van der Waals surface area contributed by atoms with Gasteiger partial charge in [-0.15, -0.1) is 5.11 Å². The molecular formula is C15H10N4O4. The van der Waals surface area contributed by atoms with Crippen molar-refractivity contribution in [3.63, 3.8) is 0 Å². The number of H-pyrrole nitrogens is 1. The van der Waals surface area contributed by atoms with E-state index in [1.807, 2.05) is 0 Å². The minimum Gasteiger partial charge on any atom is -0.505 e. The van der Waals surface area contributed by atoms with Gasteiger partial charge in [-0.05, 0) is 18.2 Å². The van der Waals surface area contributed by atoms with Gasteiger partial charge in [0.2, 0.25) is 0 Å². The first kappa shape index (κ1) is 14.4. The second-order valence-corrected chi connectivity index (χ2v) is 4.64. The number of nitrogens with zero attached hydrogens (tertiary/aromatic N) is 3. The predicted molar refractivity (Wildman–Crippen MR) is 83.5 cm³/mol. The van der Waals surface area contributed by atoms with Crippen LogP contribution in [0, 0.1) is 10.1 Å². The maximum absolute atomic E-state index is 12.1. The molecule has 0 saturated carbocycles. The molecule has 1 heterocycles. The number of nitrogens with one attached hydrogen (secondary N) is 1. The van der Waals surface area contributed by atoms with Crippen LogP contribution in [-0.2, 0) is 0 Å². The van der Waals surface area contributed by atoms with Crippen molar-refractivity contribution < 1.29 is 10.0 Å². The first-order valence-corrected chi connectivity index (χ1v) is 6.57. The van der Waals surface area contributed by atoms with Crippen LogP contribution in [0.1, 0.15) is 0 Å². The number of fused-ring (bicyclic) bond motifs is 1. The van der Waals surface area contributed by atoms with Crippen molar-refractivity contribution in [2.45, 2.75) is 0 Å². The molecule has 3 aromatic rings. The first-order valence-electron chi connectivity index (χ1n) is 6.57. The van der Waals surface area contributed by atoms with Crippen molar-refractivity contribution in [1.29, 1.82) is 0 Å². The van der Waals surface area contributed by atoms with Crippen LogP contribution in [0.5, 0.6) is 5.75 Å². The zero-order chi connectivity index (χ0) is 16.4. The lowest BCUT2D eigenvalue weighted by Gasteiger charge is -2.03. The number of aromatic nitrogens is 1. The zero-order valence-electron chi connectivity index (χ0n) is 11.6. The van der Waals surface area contributed by atoms with Crippen LogP contribution in [0.15, 0.2) is 63.6 Å². The fourth-order valence-electron chi connectivity index (χ4n) is 2.12. The largest absolute Gasteiger partial charge is 0.505 e. The number of hydrogen-bond donors (Lipinski definition) is 2. The Bertz CT molecular complexity index is 980. The SMILES string of the molecule is O=c1[nH]c2c([N+](=O)[O-])cccc2c(O)c1N=Nc1ccccc1. The molecule has 0 amide bonds. The third kappa shape index (κ3) is 2.64. The molecular weight excluding hydrogens is 300 g/mol. The summed E-state index contributed by atoms with van der Waals surface area (Å²) in [5.74, 6) is -0.452. The number of nitro benzene ring substituents is 1. The van der Waals surface area contributed by atoms with Gasteiger partial charge in [-0.2, -0.15) is 5.11 Å². The van der Waals surface area contributed by atoms with Crippen LogP contribution in [-0.4, -0.2) is 15.0 Å². The predicted octanol–water partition coefficient (Wildman–Crippen LogP) is 3.56. The van der Waals surface area contributed by atoms with Crippen molar-refractivity contribution in [1.82, 2.24) is 4.98 Å². The van der Waals surface area contributed by atoms with E-state index in [9.17, 15) is 20.0 Å². The second-order valence-electron chi connectivity index (χ2n) is 4.64. The summed E-state index contributed by atoms with van der Waals surface area (Å²) in [5.41, 5.74) is -0.920. The highest BCUT2D eigenvalue weighted by atomic mass is 16.6. The molecule has 23 heavy (non-hydrogen) atoms. The molecule has 0 aliphatic rings. The van der Waals surface area contributed by atoms with E-state index in [-0.39, 0.29) is 22.3 Å². The summed E-state index contributed by atoms with van der Waals surface area (Å²) in [4.78, 5) is 24.8. The molecule has 0 atom stereocenters. The maximum Gasteiger partial charge on any atom is 0.293 e. The molecule has 1 aromatic heterocycles. The Morgan fingerprint density at radius 3 is 2.48 bits per heavy atom. The number of azo groups is 1. The van der Waals surface area contributed by atoms with Gasteiger partial charge in [-0.3, -0.25) is 14.9 Å². The molecule has 3 rings (SSSR count). The fourth-order valence-corrected chi connectivity index (χ4v) is 2.12. The minimum atomic E-state index is -0.760. The van der Waals surface area contributed by atoms with Gasteiger partial charge in [-0.1, -0.05) is 24.3 Å². The van der Waals surface area contributed by atoms with Crippen LogP contribution < -0.4 is 5.56 Å². The van der Waals surface area contributed by atoms with Crippen molar-refractivity contribution in [2.24, 2.45) is 10.2 Å². The Morgan fingerprint density at radius 2 is 1.78 bits per heavy atom. The molecule has 114 valence electrons. The average molecular weight is 310 g/mol. The lowest BCUT2D eigenvalue weighted by molar-refractivity contribution is -0.383. The summed E-state index contributed by atoms with van der Waals surface area (Å²) >= 11 is 0. The summed E-state index contributed by atoms with van der Waals surface area (Å²) < 4.78 is 0. The van der Waals surface area contributed by atoms with Crippen LogP contribution in [0.3, 0.4) is 0 Å².